The number of hydrogen-bond acceptors (Lipinski definition) is 6. The van der Waals surface area contributed by atoms with E-state index in [1.165, 1.54) is 11.3 Å². The first kappa shape index (κ1) is 12.7. The molecule has 0 aliphatic heterocycles. The quantitative estimate of drug-likeness (QED) is 0.540. The Bertz CT molecular complexity index is 988. The van der Waals surface area contributed by atoms with Crippen LogP contribution in [-0.4, -0.2) is 25.4 Å². The number of nitrogens with zero attached hydrogens (tertiary/aromatic N) is 3. The molecule has 0 unspecified atom stereocenters. The largest absolute Gasteiger partial charge is 0.324 e. The number of thiophene rings is 1. The highest BCUT2D eigenvalue weighted by atomic mass is 32.1. The zero-order valence-corrected chi connectivity index (χ0v) is 12.0. The third kappa shape index (κ3) is 2.25. The highest BCUT2D eigenvalue weighted by Gasteiger charge is 2.08. The van der Waals surface area contributed by atoms with E-state index in [1.54, 1.807) is 6.20 Å². The van der Waals surface area contributed by atoms with Crippen molar-refractivity contribution >= 4 is 33.9 Å². The Morgan fingerprint density at radius 3 is 2.95 bits per heavy atom. The summed E-state index contributed by atoms with van der Waals surface area (Å²) in [7, 11) is 0. The molecule has 4 rings (SSSR count). The fourth-order valence-electron chi connectivity index (χ4n) is 2.12. The van der Waals surface area contributed by atoms with Crippen molar-refractivity contribution in [2.75, 3.05) is 5.32 Å². The van der Waals surface area contributed by atoms with Crippen molar-refractivity contribution in [2.24, 2.45) is 0 Å². The van der Waals surface area contributed by atoms with Crippen LogP contribution in [0, 0.1) is 0 Å². The molecular weight excluding hydrogens is 300 g/mol. The van der Waals surface area contributed by atoms with Crippen molar-refractivity contribution in [1.29, 1.82) is 0 Å². The van der Waals surface area contributed by atoms with Gasteiger partial charge in [0.25, 0.3) is 5.56 Å². The van der Waals surface area contributed by atoms with Gasteiger partial charge < -0.3 is 5.32 Å². The second-order valence-corrected chi connectivity index (χ2v) is 5.57. The molecule has 1 aromatic carbocycles. The number of H-pyrrole nitrogens is 2. The molecule has 0 saturated carbocycles. The van der Waals surface area contributed by atoms with Gasteiger partial charge in [-0.2, -0.15) is 5.10 Å². The van der Waals surface area contributed by atoms with Gasteiger partial charge in [-0.05, 0) is 29.6 Å². The Kier molecular flexibility index (Phi) is 2.94. The molecule has 8 heteroatoms. The van der Waals surface area contributed by atoms with Gasteiger partial charge in [-0.3, -0.25) is 14.9 Å². The fourth-order valence-corrected chi connectivity index (χ4v) is 2.83. The average molecular weight is 310 g/mol. The van der Waals surface area contributed by atoms with Gasteiger partial charge in [-0.25, -0.2) is 0 Å². The Morgan fingerprint density at radius 1 is 1.18 bits per heavy atom. The molecule has 0 aliphatic rings. The maximum atomic E-state index is 12.1. The van der Waals surface area contributed by atoms with Gasteiger partial charge >= 0.3 is 0 Å². The van der Waals surface area contributed by atoms with E-state index in [9.17, 15) is 4.79 Å². The van der Waals surface area contributed by atoms with Crippen molar-refractivity contribution < 1.29 is 0 Å². The molecule has 0 fully saturated rings. The van der Waals surface area contributed by atoms with Crippen LogP contribution in [0.3, 0.4) is 0 Å². The van der Waals surface area contributed by atoms with E-state index in [0.29, 0.717) is 11.6 Å². The smallest absolute Gasteiger partial charge is 0.280 e. The number of rotatable bonds is 3. The lowest BCUT2D eigenvalue weighted by Crippen LogP contribution is -2.15. The highest BCUT2D eigenvalue weighted by Crippen LogP contribution is 2.20. The molecule has 0 atom stereocenters. The van der Waals surface area contributed by atoms with Crippen molar-refractivity contribution in [1.82, 2.24) is 25.4 Å². The summed E-state index contributed by atoms with van der Waals surface area (Å²) in [6.45, 7) is 0. The van der Waals surface area contributed by atoms with Crippen molar-refractivity contribution in [3.63, 3.8) is 0 Å². The maximum Gasteiger partial charge on any atom is 0.280 e. The maximum absolute atomic E-state index is 12.1. The zero-order valence-electron chi connectivity index (χ0n) is 11.2. The number of aromatic amines is 2. The lowest BCUT2D eigenvalue weighted by molar-refractivity contribution is 0.964. The highest BCUT2D eigenvalue weighted by molar-refractivity contribution is 7.13. The first-order valence-electron chi connectivity index (χ1n) is 6.51. The number of fused-ring (bicyclic) bond motifs is 1. The van der Waals surface area contributed by atoms with E-state index in [1.807, 2.05) is 35.7 Å². The summed E-state index contributed by atoms with van der Waals surface area (Å²) in [5.41, 5.74) is 1.73. The van der Waals surface area contributed by atoms with Gasteiger partial charge in [-0.1, -0.05) is 6.07 Å². The Balaban J connectivity index is 1.65. The van der Waals surface area contributed by atoms with E-state index in [2.05, 4.69) is 30.7 Å². The number of aromatic nitrogens is 5. The van der Waals surface area contributed by atoms with E-state index >= 15 is 0 Å². The minimum absolute atomic E-state index is 0.275. The average Bonchev–Trinajstić information content (AvgIpc) is 3.18. The monoisotopic (exact) mass is 310 g/mol. The predicted molar refractivity (Wildman–Crippen MR) is 85.3 cm³/mol. The summed E-state index contributed by atoms with van der Waals surface area (Å²) >= 11 is 1.45. The summed E-state index contributed by atoms with van der Waals surface area (Å²) in [5, 5.41) is 20.8. The number of benzene rings is 1. The van der Waals surface area contributed by atoms with Crippen LogP contribution in [0.25, 0.3) is 21.5 Å². The standard InChI is InChI=1S/C14H10N6OS/c21-13-12(11-2-1-5-22-11)19-20-14(17-13)16-9-4-3-8-7-15-18-10(8)6-9/h1-7H,(H,15,18)(H2,16,17,20,21). The van der Waals surface area contributed by atoms with Crippen LogP contribution < -0.4 is 10.9 Å². The summed E-state index contributed by atoms with van der Waals surface area (Å²) in [4.78, 5) is 15.6. The van der Waals surface area contributed by atoms with E-state index in [4.69, 9.17) is 0 Å². The molecule has 4 aromatic rings. The molecule has 3 heterocycles. The molecule has 3 aromatic heterocycles. The van der Waals surface area contributed by atoms with Crippen LogP contribution >= 0.6 is 11.3 Å². The molecular formula is C14H10N6OS. The minimum Gasteiger partial charge on any atom is -0.324 e. The lowest BCUT2D eigenvalue weighted by atomic mass is 10.2. The van der Waals surface area contributed by atoms with Gasteiger partial charge in [0.2, 0.25) is 5.95 Å². The zero-order chi connectivity index (χ0) is 14.9. The Morgan fingerprint density at radius 2 is 2.14 bits per heavy atom. The van der Waals surface area contributed by atoms with Crippen molar-refractivity contribution in [2.45, 2.75) is 0 Å². The third-order valence-corrected chi connectivity index (χ3v) is 4.03. The van der Waals surface area contributed by atoms with Crippen LogP contribution in [-0.2, 0) is 0 Å². The molecule has 0 spiro atoms. The predicted octanol–water partition coefficient (Wildman–Crippen LogP) is 2.51. The molecule has 108 valence electrons. The summed E-state index contributed by atoms with van der Waals surface area (Å²) < 4.78 is 0. The third-order valence-electron chi connectivity index (χ3n) is 3.16. The van der Waals surface area contributed by atoms with Crippen molar-refractivity contribution in [3.05, 3.63) is 52.3 Å². The molecule has 0 saturated heterocycles. The van der Waals surface area contributed by atoms with Crippen molar-refractivity contribution in [3.8, 4) is 10.6 Å². The first-order valence-corrected chi connectivity index (χ1v) is 7.38. The van der Waals surface area contributed by atoms with Gasteiger partial charge in [-0.15, -0.1) is 21.5 Å². The molecule has 0 aliphatic carbocycles. The van der Waals surface area contributed by atoms with Gasteiger partial charge in [0, 0.05) is 11.1 Å². The lowest BCUT2D eigenvalue weighted by Gasteiger charge is -2.05. The minimum atomic E-state index is -0.275. The van der Waals surface area contributed by atoms with E-state index < -0.39 is 0 Å². The van der Waals surface area contributed by atoms with Crippen LogP contribution in [0.1, 0.15) is 0 Å². The summed E-state index contributed by atoms with van der Waals surface area (Å²) in [6.07, 6.45) is 1.75. The molecule has 0 bridgehead atoms. The van der Waals surface area contributed by atoms with Crippen LogP contribution in [0.15, 0.2) is 46.7 Å². The van der Waals surface area contributed by atoms with Gasteiger partial charge in [0.15, 0.2) is 5.69 Å². The van der Waals surface area contributed by atoms with Crippen LogP contribution in [0.5, 0.6) is 0 Å². The normalized spacial score (nSPS) is 10.9. The summed E-state index contributed by atoms with van der Waals surface area (Å²) in [5.74, 6) is 0.296. The molecule has 7 nitrogen and oxygen atoms in total. The molecule has 0 amide bonds. The molecule has 0 radical (unpaired) electrons. The van der Waals surface area contributed by atoms with Crippen LogP contribution in [0.2, 0.25) is 0 Å². The molecule has 22 heavy (non-hydrogen) atoms. The van der Waals surface area contributed by atoms with E-state index in [0.717, 1.165) is 21.5 Å². The topological polar surface area (TPSA) is 99.3 Å². The SMILES string of the molecule is O=c1[nH]c(Nc2ccc3cn[nH]c3c2)nnc1-c1cccs1. The molecule has 3 N–H and O–H groups in total. The van der Waals surface area contributed by atoms with Gasteiger partial charge in [0.1, 0.15) is 0 Å². The Labute approximate surface area is 128 Å². The van der Waals surface area contributed by atoms with Gasteiger partial charge in [0.05, 0.1) is 16.6 Å². The number of nitrogens with one attached hydrogen (secondary N) is 3. The van der Waals surface area contributed by atoms with Crippen LogP contribution in [0.4, 0.5) is 11.6 Å². The second kappa shape index (κ2) is 5.08. The number of hydrogen-bond donors (Lipinski definition) is 3. The van der Waals surface area contributed by atoms with E-state index in [-0.39, 0.29) is 5.56 Å². The fraction of sp³-hybridized carbons (Fsp3) is 0. The Hall–Kier alpha value is -3.00. The first-order chi connectivity index (χ1) is 10.8. The number of anilines is 2. The summed E-state index contributed by atoms with van der Waals surface area (Å²) in [6, 6.07) is 9.39. The second-order valence-electron chi connectivity index (χ2n) is 4.63.